The van der Waals surface area contributed by atoms with Gasteiger partial charge in [0.25, 0.3) is 0 Å². The van der Waals surface area contributed by atoms with Crippen molar-refractivity contribution in [3.05, 3.63) is 36.7 Å². The van der Waals surface area contributed by atoms with E-state index in [2.05, 4.69) is 16.8 Å². The van der Waals surface area contributed by atoms with Gasteiger partial charge in [-0.1, -0.05) is 6.07 Å². The van der Waals surface area contributed by atoms with Crippen molar-refractivity contribution in [2.75, 3.05) is 19.5 Å². The van der Waals surface area contributed by atoms with Crippen LogP contribution in [0.25, 0.3) is 10.8 Å². The number of pyridine rings is 1. The molecule has 1 heterocycles. The Morgan fingerprint density at radius 1 is 1.33 bits per heavy atom. The van der Waals surface area contributed by atoms with Crippen molar-refractivity contribution < 1.29 is 9.30 Å². The van der Waals surface area contributed by atoms with Gasteiger partial charge in [0.15, 0.2) is 18.9 Å². The van der Waals surface area contributed by atoms with Crippen LogP contribution in [-0.4, -0.2) is 13.7 Å². The fourth-order valence-corrected chi connectivity index (χ4v) is 1.63. The quantitative estimate of drug-likeness (QED) is 0.604. The Hall–Kier alpha value is -1.61. The van der Waals surface area contributed by atoms with Gasteiger partial charge >= 0.3 is 0 Å². The Balaban J connectivity index is 2.39. The molecule has 0 atom stereocenters. The molecule has 0 amide bonds. The number of nitrogen functional groups attached to an aromatic ring is 1. The van der Waals surface area contributed by atoms with Gasteiger partial charge in [-0.05, 0) is 12.1 Å². The molecular formula is C12H15N2O+. The summed E-state index contributed by atoms with van der Waals surface area (Å²) in [5, 5.41) is 2.26. The van der Waals surface area contributed by atoms with Gasteiger partial charge < -0.3 is 10.5 Å². The van der Waals surface area contributed by atoms with Crippen molar-refractivity contribution in [2.45, 2.75) is 6.54 Å². The van der Waals surface area contributed by atoms with Crippen molar-refractivity contribution in [2.24, 2.45) is 0 Å². The lowest BCUT2D eigenvalue weighted by atomic mass is 10.1. The number of hydrogen-bond donors (Lipinski definition) is 1. The first-order valence-electron chi connectivity index (χ1n) is 4.97. The summed E-state index contributed by atoms with van der Waals surface area (Å²) in [6.45, 7) is 1.58. The average molecular weight is 203 g/mol. The Bertz CT molecular complexity index is 468. The molecular weight excluding hydrogens is 188 g/mol. The minimum Gasteiger partial charge on any atom is -0.398 e. The Labute approximate surface area is 89.1 Å². The number of hydrogen-bond acceptors (Lipinski definition) is 2. The zero-order valence-corrected chi connectivity index (χ0v) is 8.81. The molecule has 0 bridgehead atoms. The van der Waals surface area contributed by atoms with E-state index in [9.17, 15) is 0 Å². The first-order chi connectivity index (χ1) is 7.31. The van der Waals surface area contributed by atoms with Crippen LogP contribution in [0.2, 0.25) is 0 Å². The first-order valence-corrected chi connectivity index (χ1v) is 4.97. The van der Waals surface area contributed by atoms with E-state index >= 15 is 0 Å². The van der Waals surface area contributed by atoms with Crippen LogP contribution < -0.4 is 10.3 Å². The van der Waals surface area contributed by atoms with Crippen molar-refractivity contribution in [3.63, 3.8) is 0 Å². The second-order valence-corrected chi connectivity index (χ2v) is 3.53. The average Bonchev–Trinajstić information content (AvgIpc) is 2.26. The lowest BCUT2D eigenvalue weighted by molar-refractivity contribution is -0.697. The summed E-state index contributed by atoms with van der Waals surface area (Å²) in [6.07, 6.45) is 4.11. The van der Waals surface area contributed by atoms with Crippen molar-refractivity contribution in [1.29, 1.82) is 0 Å². The topological polar surface area (TPSA) is 39.1 Å². The third-order valence-corrected chi connectivity index (χ3v) is 2.46. The monoisotopic (exact) mass is 203 g/mol. The van der Waals surface area contributed by atoms with E-state index in [-0.39, 0.29) is 0 Å². The van der Waals surface area contributed by atoms with E-state index in [0.29, 0.717) is 0 Å². The van der Waals surface area contributed by atoms with Gasteiger partial charge in [0, 0.05) is 29.6 Å². The van der Waals surface area contributed by atoms with Crippen LogP contribution in [0, 0.1) is 0 Å². The van der Waals surface area contributed by atoms with E-state index in [0.717, 1.165) is 29.6 Å². The number of anilines is 1. The van der Waals surface area contributed by atoms with E-state index in [1.165, 1.54) is 0 Å². The summed E-state index contributed by atoms with van der Waals surface area (Å²) in [6, 6.07) is 8.00. The normalized spacial score (nSPS) is 10.7. The highest BCUT2D eigenvalue weighted by molar-refractivity contribution is 5.91. The minimum absolute atomic E-state index is 0.721. The summed E-state index contributed by atoms with van der Waals surface area (Å²) in [4.78, 5) is 0. The summed E-state index contributed by atoms with van der Waals surface area (Å²) >= 11 is 0. The SMILES string of the molecule is COCC[n+]1ccc2c(N)cccc2c1. The number of ether oxygens (including phenoxy) is 1. The lowest BCUT2D eigenvalue weighted by Gasteiger charge is -2.01. The number of fused-ring (bicyclic) bond motifs is 1. The smallest absolute Gasteiger partial charge is 0.176 e. The largest absolute Gasteiger partial charge is 0.398 e. The zero-order chi connectivity index (χ0) is 10.7. The molecule has 15 heavy (non-hydrogen) atoms. The number of methoxy groups -OCH3 is 1. The van der Waals surface area contributed by atoms with E-state index in [4.69, 9.17) is 10.5 Å². The number of rotatable bonds is 3. The van der Waals surface area contributed by atoms with Gasteiger partial charge in [-0.2, -0.15) is 0 Å². The second kappa shape index (κ2) is 4.28. The second-order valence-electron chi connectivity index (χ2n) is 3.53. The number of nitrogens with zero attached hydrogens (tertiary/aromatic N) is 1. The van der Waals surface area contributed by atoms with Gasteiger partial charge in [-0.25, -0.2) is 4.57 Å². The van der Waals surface area contributed by atoms with Gasteiger partial charge in [-0.15, -0.1) is 0 Å². The predicted octanol–water partition coefficient (Wildman–Crippen LogP) is 1.36. The Morgan fingerprint density at radius 3 is 3.00 bits per heavy atom. The molecule has 2 rings (SSSR count). The molecule has 0 aliphatic rings. The van der Waals surface area contributed by atoms with Gasteiger partial charge in [0.05, 0.1) is 0 Å². The third kappa shape index (κ3) is 2.07. The van der Waals surface area contributed by atoms with Gasteiger partial charge in [-0.3, -0.25) is 0 Å². The highest BCUT2D eigenvalue weighted by atomic mass is 16.5. The molecule has 0 spiro atoms. The molecule has 0 aliphatic carbocycles. The molecule has 3 heteroatoms. The molecule has 2 N–H and O–H groups in total. The number of benzene rings is 1. The van der Waals surface area contributed by atoms with Crippen molar-refractivity contribution in [3.8, 4) is 0 Å². The maximum Gasteiger partial charge on any atom is 0.176 e. The van der Waals surface area contributed by atoms with Crippen LogP contribution in [0.4, 0.5) is 5.69 Å². The van der Waals surface area contributed by atoms with E-state index in [1.54, 1.807) is 7.11 Å². The van der Waals surface area contributed by atoms with Crippen molar-refractivity contribution in [1.82, 2.24) is 0 Å². The molecule has 0 saturated carbocycles. The molecule has 0 radical (unpaired) electrons. The van der Waals surface area contributed by atoms with Crippen LogP contribution >= 0.6 is 0 Å². The standard InChI is InChI=1S/C12H15N2O/c1-15-8-7-14-6-5-11-10(9-14)3-2-4-12(11)13/h2-6,9H,7-8,13H2,1H3/q+1. The highest BCUT2D eigenvalue weighted by Gasteiger charge is 2.03. The molecule has 2 aromatic rings. The minimum atomic E-state index is 0.721. The molecule has 0 saturated heterocycles. The highest BCUT2D eigenvalue weighted by Crippen LogP contribution is 2.17. The Kier molecular flexibility index (Phi) is 2.83. The van der Waals surface area contributed by atoms with E-state index < -0.39 is 0 Å². The molecule has 0 aliphatic heterocycles. The first kappa shape index (κ1) is 9.93. The molecule has 0 unspecified atom stereocenters. The molecule has 78 valence electrons. The van der Waals surface area contributed by atoms with Crippen LogP contribution in [-0.2, 0) is 11.3 Å². The summed E-state index contributed by atoms with van der Waals surface area (Å²) in [5.74, 6) is 0. The Morgan fingerprint density at radius 2 is 2.20 bits per heavy atom. The maximum atomic E-state index is 5.87. The molecule has 1 aromatic carbocycles. The summed E-state index contributed by atoms with van der Waals surface area (Å²) in [5.41, 5.74) is 6.70. The molecule has 0 fully saturated rings. The van der Waals surface area contributed by atoms with Crippen LogP contribution in [0.3, 0.4) is 0 Å². The van der Waals surface area contributed by atoms with Crippen LogP contribution in [0.5, 0.6) is 0 Å². The number of nitrogens with two attached hydrogens (primary N) is 1. The zero-order valence-electron chi connectivity index (χ0n) is 8.81. The fourth-order valence-electron chi connectivity index (χ4n) is 1.63. The number of aromatic nitrogens is 1. The van der Waals surface area contributed by atoms with Gasteiger partial charge in [0.2, 0.25) is 0 Å². The fraction of sp³-hybridized carbons (Fsp3) is 0.250. The third-order valence-electron chi connectivity index (χ3n) is 2.46. The maximum absolute atomic E-state index is 5.87. The van der Waals surface area contributed by atoms with Crippen LogP contribution in [0.15, 0.2) is 36.7 Å². The van der Waals surface area contributed by atoms with Crippen LogP contribution in [0.1, 0.15) is 0 Å². The molecule has 1 aromatic heterocycles. The molecule has 3 nitrogen and oxygen atoms in total. The predicted molar refractivity (Wildman–Crippen MR) is 60.4 cm³/mol. The van der Waals surface area contributed by atoms with Crippen molar-refractivity contribution >= 4 is 16.5 Å². The van der Waals surface area contributed by atoms with E-state index in [1.807, 2.05) is 24.4 Å². The lowest BCUT2D eigenvalue weighted by Crippen LogP contribution is -2.34. The summed E-state index contributed by atoms with van der Waals surface area (Å²) in [7, 11) is 1.71. The summed E-state index contributed by atoms with van der Waals surface area (Å²) < 4.78 is 7.14. The van der Waals surface area contributed by atoms with Gasteiger partial charge in [0.1, 0.15) is 6.61 Å².